The van der Waals surface area contributed by atoms with Crippen LogP contribution in [0.2, 0.25) is 0 Å². The standard InChI is InChI=1S/C45H47F3N8O4S2/c1-32-12-16-37(17-13-32)55-42(30-44(50-55)45(46,47)48)33-8-7-9-38(28-33)54-26-24-53(25-27-54)36-18-14-34(15-19-36)51-62(59,60)40-20-21-41(43(29-40)56(57)58)49-35(22-23-52(2)3)31-61-39-10-5-4-6-11-39/h4-21,28-30,35,49,51H,22-27,31H2,1-3H3/t35-/m1/s1. The minimum atomic E-state index is -4.60. The molecule has 0 bridgehead atoms. The van der Waals surface area contributed by atoms with Crippen LogP contribution in [0.25, 0.3) is 16.9 Å². The summed E-state index contributed by atoms with van der Waals surface area (Å²) in [6.45, 7) is 5.21. The number of thioether (sulfide) groups is 1. The Labute approximate surface area is 363 Å². The van der Waals surface area contributed by atoms with Gasteiger partial charge in [0.1, 0.15) is 5.69 Å². The number of aromatic nitrogens is 2. The summed E-state index contributed by atoms with van der Waals surface area (Å²) in [4.78, 5) is 18.9. The van der Waals surface area contributed by atoms with E-state index >= 15 is 0 Å². The number of hydrogen-bond donors (Lipinski definition) is 2. The Kier molecular flexibility index (Phi) is 13.4. The van der Waals surface area contributed by atoms with Gasteiger partial charge in [0.25, 0.3) is 15.7 Å². The second kappa shape index (κ2) is 18.9. The molecule has 1 aliphatic heterocycles. The van der Waals surface area contributed by atoms with Crippen LogP contribution in [0.1, 0.15) is 17.7 Å². The average Bonchev–Trinajstić information content (AvgIpc) is 3.72. The zero-order valence-electron chi connectivity index (χ0n) is 34.4. The number of benzene rings is 5. The summed E-state index contributed by atoms with van der Waals surface area (Å²) in [7, 11) is -0.257. The van der Waals surface area contributed by atoms with Crippen LogP contribution in [0.5, 0.6) is 0 Å². The van der Waals surface area contributed by atoms with Crippen molar-refractivity contribution in [1.82, 2.24) is 14.7 Å². The Morgan fingerprint density at radius 1 is 0.823 bits per heavy atom. The van der Waals surface area contributed by atoms with Crippen molar-refractivity contribution < 1.29 is 26.5 Å². The van der Waals surface area contributed by atoms with Crippen molar-refractivity contribution in [3.8, 4) is 16.9 Å². The number of halogens is 3. The fourth-order valence-electron chi connectivity index (χ4n) is 7.14. The number of aryl methyl sites for hydroxylation is 1. The molecule has 5 aromatic carbocycles. The van der Waals surface area contributed by atoms with Crippen molar-refractivity contribution >= 4 is 50.2 Å². The number of anilines is 4. The Hall–Kier alpha value is -6.04. The molecule has 62 heavy (non-hydrogen) atoms. The minimum absolute atomic E-state index is 0.126. The van der Waals surface area contributed by atoms with Crippen LogP contribution in [-0.4, -0.2) is 86.6 Å². The van der Waals surface area contributed by atoms with E-state index in [0.29, 0.717) is 61.0 Å². The topological polar surface area (TPSA) is 129 Å². The van der Waals surface area contributed by atoms with Gasteiger partial charge < -0.3 is 20.0 Å². The van der Waals surface area contributed by atoms with Crippen molar-refractivity contribution in [2.75, 3.05) is 72.4 Å². The van der Waals surface area contributed by atoms with Crippen molar-refractivity contribution in [2.24, 2.45) is 0 Å². The normalized spacial score (nSPS) is 13.9. The molecule has 0 spiro atoms. The SMILES string of the molecule is Cc1ccc(-n2nc(C(F)(F)F)cc2-c2cccc(N3CCN(c4ccc(NS(=O)(=O)c5ccc(N[C@H](CCN(C)C)CSc6ccccc6)c([N+](=O)[O-])c5)cc4)CC3)c2)cc1. The molecule has 0 unspecified atom stereocenters. The van der Waals surface area contributed by atoms with Gasteiger partial charge in [0, 0.05) is 71.6 Å². The van der Waals surface area contributed by atoms with Gasteiger partial charge in [0.2, 0.25) is 0 Å². The van der Waals surface area contributed by atoms with E-state index in [1.807, 2.05) is 98.7 Å². The van der Waals surface area contributed by atoms with Gasteiger partial charge >= 0.3 is 6.18 Å². The first kappa shape index (κ1) is 44.0. The number of nitro benzene ring substituents is 1. The monoisotopic (exact) mass is 884 g/mol. The lowest BCUT2D eigenvalue weighted by molar-refractivity contribution is -0.384. The average molecular weight is 885 g/mol. The third kappa shape index (κ3) is 10.9. The van der Waals surface area contributed by atoms with Gasteiger partial charge in [-0.15, -0.1) is 11.8 Å². The molecule has 1 atom stereocenters. The largest absolute Gasteiger partial charge is 0.435 e. The molecular weight excluding hydrogens is 838 g/mol. The lowest BCUT2D eigenvalue weighted by atomic mass is 10.1. The number of sulfonamides is 1. The van der Waals surface area contributed by atoms with Gasteiger partial charge in [0.15, 0.2) is 5.69 Å². The molecule has 324 valence electrons. The Morgan fingerprint density at radius 2 is 1.48 bits per heavy atom. The third-order valence-electron chi connectivity index (χ3n) is 10.5. The Bertz CT molecular complexity index is 2580. The van der Waals surface area contributed by atoms with Crippen LogP contribution in [0.3, 0.4) is 0 Å². The van der Waals surface area contributed by atoms with E-state index in [2.05, 4.69) is 24.9 Å². The van der Waals surface area contributed by atoms with Gasteiger partial charge in [0.05, 0.1) is 21.2 Å². The van der Waals surface area contributed by atoms with E-state index in [0.717, 1.165) is 40.5 Å². The molecule has 7 rings (SSSR count). The lowest BCUT2D eigenvalue weighted by Gasteiger charge is -2.37. The molecule has 17 heteroatoms. The fraction of sp³-hybridized carbons (Fsp3) is 0.267. The van der Waals surface area contributed by atoms with E-state index in [-0.39, 0.29) is 22.3 Å². The summed E-state index contributed by atoms with van der Waals surface area (Å²) in [5.41, 5.74) is 3.43. The number of rotatable bonds is 16. The van der Waals surface area contributed by atoms with E-state index in [1.165, 1.54) is 16.8 Å². The third-order valence-corrected chi connectivity index (χ3v) is 13.1. The van der Waals surface area contributed by atoms with E-state index in [1.54, 1.807) is 42.1 Å². The smallest absolute Gasteiger partial charge is 0.376 e. The van der Waals surface area contributed by atoms with Crippen LogP contribution in [0, 0.1) is 17.0 Å². The molecule has 2 heterocycles. The molecule has 12 nitrogen and oxygen atoms in total. The molecule has 2 N–H and O–H groups in total. The van der Waals surface area contributed by atoms with Crippen molar-refractivity contribution in [3.63, 3.8) is 0 Å². The maximum Gasteiger partial charge on any atom is 0.435 e. The van der Waals surface area contributed by atoms with Gasteiger partial charge in [-0.25, -0.2) is 13.1 Å². The molecule has 0 aliphatic carbocycles. The molecule has 1 aliphatic rings. The van der Waals surface area contributed by atoms with E-state index < -0.39 is 26.8 Å². The maximum absolute atomic E-state index is 13.8. The van der Waals surface area contributed by atoms with Crippen molar-refractivity contribution in [3.05, 3.63) is 149 Å². The molecule has 0 radical (unpaired) electrons. The van der Waals surface area contributed by atoms with Gasteiger partial charge in [-0.2, -0.15) is 18.3 Å². The highest BCUT2D eigenvalue weighted by Crippen LogP contribution is 2.35. The summed E-state index contributed by atoms with van der Waals surface area (Å²) in [5, 5.41) is 19.5. The highest BCUT2D eigenvalue weighted by molar-refractivity contribution is 7.99. The minimum Gasteiger partial charge on any atom is -0.376 e. The number of alkyl halides is 3. The van der Waals surface area contributed by atoms with Crippen LogP contribution in [0.4, 0.5) is 41.6 Å². The van der Waals surface area contributed by atoms with Gasteiger partial charge in [-0.3, -0.25) is 14.8 Å². The van der Waals surface area contributed by atoms with Crippen LogP contribution >= 0.6 is 11.8 Å². The second-order valence-electron chi connectivity index (χ2n) is 15.3. The molecule has 1 aromatic heterocycles. The predicted octanol–water partition coefficient (Wildman–Crippen LogP) is 9.43. The number of nitrogens with one attached hydrogen (secondary N) is 2. The second-order valence-corrected chi connectivity index (χ2v) is 18.1. The first-order valence-electron chi connectivity index (χ1n) is 20.0. The summed E-state index contributed by atoms with van der Waals surface area (Å²) in [5.74, 6) is 0.650. The summed E-state index contributed by atoms with van der Waals surface area (Å²) < 4.78 is 72.4. The quantitative estimate of drug-likeness (QED) is 0.0551. The summed E-state index contributed by atoms with van der Waals surface area (Å²) in [6, 6.07) is 36.3. The number of nitro groups is 1. The summed E-state index contributed by atoms with van der Waals surface area (Å²) in [6.07, 6.45) is -3.89. The van der Waals surface area contributed by atoms with Crippen LogP contribution < -0.4 is 19.8 Å². The van der Waals surface area contributed by atoms with E-state index in [4.69, 9.17) is 0 Å². The number of nitrogens with zero attached hydrogens (tertiary/aromatic N) is 6. The molecule has 1 fully saturated rings. The van der Waals surface area contributed by atoms with Crippen molar-refractivity contribution in [1.29, 1.82) is 0 Å². The molecule has 0 saturated carbocycles. The van der Waals surface area contributed by atoms with Crippen molar-refractivity contribution in [2.45, 2.75) is 35.4 Å². The van der Waals surface area contributed by atoms with Crippen LogP contribution in [0.15, 0.2) is 137 Å². The van der Waals surface area contributed by atoms with Crippen LogP contribution in [-0.2, 0) is 16.2 Å². The zero-order chi connectivity index (χ0) is 44.0. The fourth-order valence-corrected chi connectivity index (χ4v) is 9.21. The summed E-state index contributed by atoms with van der Waals surface area (Å²) >= 11 is 1.64. The molecule has 1 saturated heterocycles. The van der Waals surface area contributed by atoms with Gasteiger partial charge in [-0.05, 0) is 113 Å². The Balaban J connectivity index is 0.993. The molecule has 6 aromatic rings. The van der Waals surface area contributed by atoms with Gasteiger partial charge in [-0.1, -0.05) is 48.0 Å². The maximum atomic E-state index is 13.8. The first-order chi connectivity index (χ1) is 29.6. The van der Waals surface area contributed by atoms with E-state index in [9.17, 15) is 31.7 Å². The molecule has 0 amide bonds. The zero-order valence-corrected chi connectivity index (χ0v) is 36.1. The predicted molar refractivity (Wildman–Crippen MR) is 241 cm³/mol. The number of piperazine rings is 1. The Morgan fingerprint density at radius 3 is 2.13 bits per heavy atom. The highest BCUT2D eigenvalue weighted by atomic mass is 32.2. The lowest BCUT2D eigenvalue weighted by Crippen LogP contribution is -2.46. The highest BCUT2D eigenvalue weighted by Gasteiger charge is 2.35. The molecular formula is C45H47F3N8O4S2. The first-order valence-corrected chi connectivity index (χ1v) is 22.4. The number of hydrogen-bond acceptors (Lipinski definition) is 10.